The molecule has 1 aromatic heterocycles. The van der Waals surface area contributed by atoms with Gasteiger partial charge in [0.25, 0.3) is 0 Å². The van der Waals surface area contributed by atoms with E-state index in [1.807, 2.05) is 42.8 Å². The van der Waals surface area contributed by atoms with Crippen molar-refractivity contribution in [2.45, 2.75) is 32.9 Å². The van der Waals surface area contributed by atoms with Gasteiger partial charge in [-0.25, -0.2) is 4.68 Å². The fourth-order valence-electron chi connectivity index (χ4n) is 1.86. The third kappa shape index (κ3) is 2.71. The van der Waals surface area contributed by atoms with Gasteiger partial charge in [-0.05, 0) is 31.5 Å². The van der Waals surface area contributed by atoms with Gasteiger partial charge < -0.3 is 5.11 Å². The normalized spacial score (nSPS) is 11.2. The summed E-state index contributed by atoms with van der Waals surface area (Å²) >= 11 is 5.86. The van der Waals surface area contributed by atoms with Crippen LogP contribution in [0.2, 0.25) is 5.02 Å². The number of halogens is 1. The molecule has 0 unspecified atom stereocenters. The smallest absolute Gasteiger partial charge is 0.112 e. The minimum atomic E-state index is -0.0877. The molecule has 2 aromatic rings. The van der Waals surface area contributed by atoms with E-state index in [4.69, 9.17) is 11.6 Å². The van der Waals surface area contributed by atoms with Crippen LogP contribution >= 0.6 is 11.6 Å². The van der Waals surface area contributed by atoms with E-state index in [1.54, 1.807) is 0 Å². The molecule has 0 bridgehead atoms. The number of hydrogen-bond acceptors (Lipinski definition) is 3. The van der Waals surface area contributed by atoms with Crippen molar-refractivity contribution < 1.29 is 5.11 Å². The zero-order chi connectivity index (χ0) is 13.1. The zero-order valence-corrected chi connectivity index (χ0v) is 11.2. The molecule has 18 heavy (non-hydrogen) atoms. The van der Waals surface area contributed by atoms with E-state index in [9.17, 15) is 5.11 Å². The molecule has 0 aliphatic rings. The Bertz CT molecular complexity index is 520. The third-order valence-electron chi connectivity index (χ3n) is 2.80. The number of aromatic nitrogens is 3. The van der Waals surface area contributed by atoms with Crippen molar-refractivity contribution in [2.75, 3.05) is 0 Å². The van der Waals surface area contributed by atoms with Crippen LogP contribution in [0, 0.1) is 0 Å². The van der Waals surface area contributed by atoms with Crippen LogP contribution in [-0.4, -0.2) is 20.1 Å². The molecule has 1 heterocycles. The molecule has 0 spiro atoms. The maximum Gasteiger partial charge on any atom is 0.112 e. The van der Waals surface area contributed by atoms with Crippen LogP contribution in [0.5, 0.6) is 0 Å². The van der Waals surface area contributed by atoms with Gasteiger partial charge in [-0.15, -0.1) is 5.10 Å². The zero-order valence-electron chi connectivity index (χ0n) is 10.5. The largest absolute Gasteiger partial charge is 0.390 e. The van der Waals surface area contributed by atoms with E-state index >= 15 is 0 Å². The molecule has 0 amide bonds. The van der Waals surface area contributed by atoms with Gasteiger partial charge in [-0.1, -0.05) is 28.9 Å². The fourth-order valence-corrected chi connectivity index (χ4v) is 1.99. The number of rotatable bonds is 4. The molecule has 0 saturated carbocycles. The van der Waals surface area contributed by atoms with Crippen LogP contribution in [0.1, 0.15) is 36.8 Å². The predicted molar refractivity (Wildman–Crippen MR) is 70.6 cm³/mol. The highest BCUT2D eigenvalue weighted by Gasteiger charge is 2.14. The maximum atomic E-state index is 9.30. The second kappa shape index (κ2) is 5.50. The summed E-state index contributed by atoms with van der Waals surface area (Å²) < 4.78 is 1.85. The Labute approximate surface area is 111 Å². The summed E-state index contributed by atoms with van der Waals surface area (Å²) in [6.07, 6.45) is 0.693. The first-order chi connectivity index (χ1) is 8.61. The second-order valence-corrected chi connectivity index (χ2v) is 4.92. The van der Waals surface area contributed by atoms with Gasteiger partial charge in [0, 0.05) is 17.5 Å². The quantitative estimate of drug-likeness (QED) is 0.924. The summed E-state index contributed by atoms with van der Waals surface area (Å²) in [6, 6.07) is 7.89. The molecule has 0 fully saturated rings. The Morgan fingerprint density at radius 2 is 1.94 bits per heavy atom. The molecule has 0 atom stereocenters. The Morgan fingerprint density at radius 3 is 2.50 bits per heavy atom. The molecule has 2 rings (SSSR count). The summed E-state index contributed by atoms with van der Waals surface area (Å²) in [6.45, 7) is 4.00. The van der Waals surface area contributed by atoms with Gasteiger partial charge in [-0.3, -0.25) is 0 Å². The summed E-state index contributed by atoms with van der Waals surface area (Å²) in [5.41, 5.74) is 2.71. The van der Waals surface area contributed by atoms with Gasteiger partial charge in [0.15, 0.2) is 0 Å². The Kier molecular flexibility index (Phi) is 3.99. The van der Waals surface area contributed by atoms with E-state index in [0.29, 0.717) is 12.1 Å². The Balaban J connectivity index is 2.32. The molecular weight excluding hydrogens is 250 g/mol. The van der Waals surface area contributed by atoms with Crippen LogP contribution in [-0.2, 0) is 13.0 Å². The highest BCUT2D eigenvalue weighted by atomic mass is 35.5. The molecule has 0 saturated heterocycles. The first kappa shape index (κ1) is 13.1. The Morgan fingerprint density at radius 1 is 1.28 bits per heavy atom. The van der Waals surface area contributed by atoms with Crippen LogP contribution in [0.15, 0.2) is 24.3 Å². The lowest BCUT2D eigenvalue weighted by Crippen LogP contribution is -2.09. The van der Waals surface area contributed by atoms with Crippen molar-refractivity contribution in [3.05, 3.63) is 46.2 Å². The number of aliphatic hydroxyl groups is 1. The van der Waals surface area contributed by atoms with Gasteiger partial charge in [0.05, 0.1) is 12.3 Å². The second-order valence-electron chi connectivity index (χ2n) is 4.48. The molecular formula is C13H16ClN3O. The van der Waals surface area contributed by atoms with Crippen LogP contribution in [0.25, 0.3) is 0 Å². The lowest BCUT2D eigenvalue weighted by molar-refractivity contribution is 0.275. The lowest BCUT2D eigenvalue weighted by Gasteiger charge is -2.10. The summed E-state index contributed by atoms with van der Waals surface area (Å²) in [4.78, 5) is 0. The standard InChI is InChI=1S/C13H16ClN3O/c1-9(2)17-13(12(8-18)15-16-17)7-10-3-5-11(14)6-4-10/h3-6,9,18H,7-8H2,1-2H3. The fraction of sp³-hybridized carbons (Fsp3) is 0.385. The van der Waals surface area contributed by atoms with E-state index in [0.717, 1.165) is 16.3 Å². The molecule has 1 aromatic carbocycles. The van der Waals surface area contributed by atoms with Gasteiger partial charge >= 0.3 is 0 Å². The first-order valence-corrected chi connectivity index (χ1v) is 6.28. The molecule has 96 valence electrons. The molecule has 0 radical (unpaired) electrons. The first-order valence-electron chi connectivity index (χ1n) is 5.90. The summed E-state index contributed by atoms with van der Waals surface area (Å²) in [5, 5.41) is 18.1. The van der Waals surface area contributed by atoms with Crippen molar-refractivity contribution in [1.82, 2.24) is 15.0 Å². The van der Waals surface area contributed by atoms with Gasteiger partial charge in [-0.2, -0.15) is 0 Å². The van der Waals surface area contributed by atoms with Gasteiger partial charge in [0.1, 0.15) is 5.69 Å². The van der Waals surface area contributed by atoms with Crippen molar-refractivity contribution >= 4 is 11.6 Å². The van der Waals surface area contributed by atoms with Crippen LogP contribution in [0.4, 0.5) is 0 Å². The average molecular weight is 266 g/mol. The monoisotopic (exact) mass is 265 g/mol. The summed E-state index contributed by atoms with van der Waals surface area (Å²) in [7, 11) is 0. The minimum Gasteiger partial charge on any atom is -0.390 e. The number of aliphatic hydroxyl groups excluding tert-OH is 1. The van der Waals surface area contributed by atoms with Gasteiger partial charge in [0.2, 0.25) is 0 Å². The molecule has 0 aliphatic carbocycles. The van der Waals surface area contributed by atoms with Crippen LogP contribution in [0.3, 0.4) is 0 Å². The highest BCUT2D eigenvalue weighted by molar-refractivity contribution is 6.30. The highest BCUT2D eigenvalue weighted by Crippen LogP contribution is 2.18. The summed E-state index contributed by atoms with van der Waals surface area (Å²) in [5.74, 6) is 0. The number of benzene rings is 1. The van der Waals surface area contributed by atoms with E-state index in [2.05, 4.69) is 10.3 Å². The molecule has 4 nitrogen and oxygen atoms in total. The molecule has 0 aliphatic heterocycles. The lowest BCUT2D eigenvalue weighted by atomic mass is 10.1. The molecule has 5 heteroatoms. The number of nitrogens with zero attached hydrogens (tertiary/aromatic N) is 3. The topological polar surface area (TPSA) is 50.9 Å². The van der Waals surface area contributed by atoms with Crippen molar-refractivity contribution in [3.63, 3.8) is 0 Å². The van der Waals surface area contributed by atoms with Crippen molar-refractivity contribution in [1.29, 1.82) is 0 Å². The van der Waals surface area contributed by atoms with E-state index < -0.39 is 0 Å². The van der Waals surface area contributed by atoms with E-state index in [-0.39, 0.29) is 12.6 Å². The Hall–Kier alpha value is -1.39. The average Bonchev–Trinajstić information content (AvgIpc) is 2.75. The third-order valence-corrected chi connectivity index (χ3v) is 3.05. The van der Waals surface area contributed by atoms with E-state index in [1.165, 1.54) is 0 Å². The molecule has 1 N–H and O–H groups in total. The maximum absolute atomic E-state index is 9.30. The predicted octanol–water partition coefficient (Wildman–Crippen LogP) is 2.60. The minimum absolute atomic E-state index is 0.0877. The van der Waals surface area contributed by atoms with Crippen molar-refractivity contribution in [2.24, 2.45) is 0 Å². The SMILES string of the molecule is CC(C)n1nnc(CO)c1Cc1ccc(Cl)cc1. The van der Waals surface area contributed by atoms with Crippen LogP contribution < -0.4 is 0 Å². The van der Waals surface area contributed by atoms with Crippen molar-refractivity contribution in [3.8, 4) is 0 Å². The number of hydrogen-bond donors (Lipinski definition) is 1.